The molecule has 3 aromatic carbocycles. The molecule has 9 nitrogen and oxygen atoms in total. The van der Waals surface area contributed by atoms with E-state index in [0.717, 1.165) is 21.6 Å². The lowest BCUT2D eigenvalue weighted by Gasteiger charge is -2.12. The maximum absolute atomic E-state index is 12.8. The molecule has 3 N–H and O–H groups in total. The molecule has 1 heterocycles. The van der Waals surface area contributed by atoms with E-state index in [-0.39, 0.29) is 18.2 Å². The maximum atomic E-state index is 12.8. The number of rotatable bonds is 8. The van der Waals surface area contributed by atoms with Crippen LogP contribution in [0.1, 0.15) is 22.3 Å². The van der Waals surface area contributed by atoms with Crippen molar-refractivity contribution in [1.29, 1.82) is 0 Å². The van der Waals surface area contributed by atoms with Gasteiger partial charge in [-0.15, -0.1) is 0 Å². The number of hydrogen-bond donors (Lipinski definition) is 3. The van der Waals surface area contributed by atoms with Crippen LogP contribution in [-0.2, 0) is 14.4 Å². The zero-order valence-corrected chi connectivity index (χ0v) is 21.3. The topological polar surface area (TPSA) is 117 Å². The standard InChI is InChI=1S/C29H28N4O5/c1-18-6-4-8-22(12-18)30-26(34)16-33-28(36)25(32-29(33)37)15-21-7-5-9-24(14-21)38-17-27(35)31-23-11-10-19(2)20(3)13-23/h4-15H,16-17H2,1-3H3,(H,30,34)(H,31,35)(H,32,37)/b25-15-. The molecule has 0 saturated carbocycles. The Labute approximate surface area is 220 Å². The van der Waals surface area contributed by atoms with Crippen molar-refractivity contribution in [2.24, 2.45) is 0 Å². The molecule has 0 aromatic heterocycles. The van der Waals surface area contributed by atoms with E-state index in [4.69, 9.17) is 4.74 Å². The fraction of sp³-hybridized carbons (Fsp3) is 0.172. The van der Waals surface area contributed by atoms with Crippen LogP contribution in [0.5, 0.6) is 5.75 Å². The number of imide groups is 1. The van der Waals surface area contributed by atoms with Crippen LogP contribution in [0.4, 0.5) is 16.2 Å². The first kappa shape index (κ1) is 26.2. The van der Waals surface area contributed by atoms with Crippen molar-refractivity contribution in [3.05, 3.63) is 94.7 Å². The SMILES string of the molecule is Cc1cccc(NC(=O)CN2C(=O)N/C(=C\c3cccc(OCC(=O)Nc4ccc(C)c(C)c4)c3)C2=O)c1. The molecule has 194 valence electrons. The Morgan fingerprint density at radius 2 is 1.61 bits per heavy atom. The minimum Gasteiger partial charge on any atom is -0.484 e. The van der Waals surface area contributed by atoms with Crippen LogP contribution in [0, 0.1) is 20.8 Å². The molecule has 0 aliphatic carbocycles. The molecule has 1 saturated heterocycles. The first-order valence-corrected chi connectivity index (χ1v) is 12.0. The molecule has 0 radical (unpaired) electrons. The summed E-state index contributed by atoms with van der Waals surface area (Å²) in [5, 5.41) is 7.98. The summed E-state index contributed by atoms with van der Waals surface area (Å²) in [6, 6.07) is 18.9. The van der Waals surface area contributed by atoms with E-state index in [1.54, 1.807) is 42.5 Å². The van der Waals surface area contributed by atoms with Gasteiger partial charge in [-0.05, 0) is 85.5 Å². The van der Waals surface area contributed by atoms with Gasteiger partial charge in [0.25, 0.3) is 11.8 Å². The van der Waals surface area contributed by atoms with E-state index in [1.165, 1.54) is 6.08 Å². The average molecular weight is 513 g/mol. The van der Waals surface area contributed by atoms with Gasteiger partial charge >= 0.3 is 6.03 Å². The molecule has 9 heteroatoms. The lowest BCUT2D eigenvalue weighted by molar-refractivity contribution is -0.127. The summed E-state index contributed by atoms with van der Waals surface area (Å²) in [6.45, 7) is 5.24. The average Bonchev–Trinajstić information content (AvgIpc) is 3.12. The van der Waals surface area contributed by atoms with Gasteiger partial charge < -0.3 is 20.7 Å². The number of carbonyl (C=O) groups excluding carboxylic acids is 4. The number of aryl methyl sites for hydroxylation is 3. The van der Waals surface area contributed by atoms with Crippen molar-refractivity contribution in [3.63, 3.8) is 0 Å². The van der Waals surface area contributed by atoms with E-state index < -0.39 is 24.4 Å². The van der Waals surface area contributed by atoms with Gasteiger partial charge in [-0.3, -0.25) is 14.4 Å². The highest BCUT2D eigenvalue weighted by Gasteiger charge is 2.34. The molecule has 5 amide bonds. The van der Waals surface area contributed by atoms with Gasteiger partial charge in [0.05, 0.1) is 0 Å². The lowest BCUT2D eigenvalue weighted by atomic mass is 10.1. The quantitative estimate of drug-likeness (QED) is 0.310. The molecule has 0 atom stereocenters. The fourth-order valence-corrected chi connectivity index (χ4v) is 3.81. The van der Waals surface area contributed by atoms with E-state index in [0.29, 0.717) is 22.7 Å². The van der Waals surface area contributed by atoms with Crippen LogP contribution in [-0.4, -0.2) is 41.8 Å². The molecule has 38 heavy (non-hydrogen) atoms. The van der Waals surface area contributed by atoms with Crippen LogP contribution < -0.4 is 20.7 Å². The van der Waals surface area contributed by atoms with Crippen LogP contribution in [0.25, 0.3) is 6.08 Å². The lowest BCUT2D eigenvalue weighted by Crippen LogP contribution is -2.38. The van der Waals surface area contributed by atoms with Gasteiger partial charge in [0.15, 0.2) is 6.61 Å². The number of amides is 5. The second-order valence-electron chi connectivity index (χ2n) is 9.01. The molecule has 4 rings (SSSR count). The van der Waals surface area contributed by atoms with Gasteiger partial charge in [0, 0.05) is 11.4 Å². The third-order valence-corrected chi connectivity index (χ3v) is 5.90. The Morgan fingerprint density at radius 1 is 0.868 bits per heavy atom. The van der Waals surface area contributed by atoms with Crippen molar-refractivity contribution in [2.45, 2.75) is 20.8 Å². The highest BCUT2D eigenvalue weighted by molar-refractivity contribution is 6.16. The predicted molar refractivity (Wildman–Crippen MR) is 145 cm³/mol. The second kappa shape index (κ2) is 11.4. The maximum Gasteiger partial charge on any atom is 0.329 e. The second-order valence-corrected chi connectivity index (χ2v) is 9.01. The Bertz CT molecular complexity index is 1450. The summed E-state index contributed by atoms with van der Waals surface area (Å²) in [7, 11) is 0. The first-order valence-electron chi connectivity index (χ1n) is 12.0. The normalized spacial score (nSPS) is 13.9. The third kappa shape index (κ3) is 6.64. The highest BCUT2D eigenvalue weighted by atomic mass is 16.5. The summed E-state index contributed by atoms with van der Waals surface area (Å²) in [5.41, 5.74) is 5.05. The van der Waals surface area contributed by atoms with Gasteiger partial charge in [-0.1, -0.05) is 30.3 Å². The summed E-state index contributed by atoms with van der Waals surface area (Å²) >= 11 is 0. The first-order chi connectivity index (χ1) is 18.2. The predicted octanol–water partition coefficient (Wildman–Crippen LogP) is 4.16. The van der Waals surface area contributed by atoms with Crippen LogP contribution in [0.15, 0.2) is 72.4 Å². The Morgan fingerprint density at radius 3 is 2.37 bits per heavy atom. The number of hydrogen-bond acceptors (Lipinski definition) is 5. The smallest absolute Gasteiger partial charge is 0.329 e. The van der Waals surface area contributed by atoms with Gasteiger partial charge in [-0.2, -0.15) is 0 Å². The highest BCUT2D eigenvalue weighted by Crippen LogP contribution is 2.19. The summed E-state index contributed by atoms with van der Waals surface area (Å²) in [4.78, 5) is 50.7. The number of nitrogens with one attached hydrogen (secondary N) is 3. The number of urea groups is 1. The van der Waals surface area contributed by atoms with Gasteiger partial charge in [0.1, 0.15) is 18.0 Å². The Kier molecular flexibility index (Phi) is 7.86. The monoisotopic (exact) mass is 512 g/mol. The van der Waals surface area contributed by atoms with Crippen LogP contribution in [0.3, 0.4) is 0 Å². The van der Waals surface area contributed by atoms with Crippen LogP contribution >= 0.6 is 0 Å². The molecular formula is C29H28N4O5. The molecule has 0 spiro atoms. The number of ether oxygens (including phenoxy) is 1. The number of anilines is 2. The van der Waals surface area contributed by atoms with E-state index in [9.17, 15) is 19.2 Å². The minimum atomic E-state index is -0.684. The molecule has 3 aromatic rings. The Hall–Kier alpha value is -4.92. The molecule has 1 fully saturated rings. The molecule has 0 unspecified atom stereocenters. The number of carbonyl (C=O) groups is 4. The minimum absolute atomic E-state index is 0.0305. The number of benzene rings is 3. The van der Waals surface area contributed by atoms with Crippen molar-refractivity contribution >= 4 is 41.2 Å². The molecule has 1 aliphatic heterocycles. The Balaban J connectivity index is 1.35. The molecular weight excluding hydrogens is 484 g/mol. The van der Waals surface area contributed by atoms with Crippen molar-refractivity contribution in [3.8, 4) is 5.75 Å². The van der Waals surface area contributed by atoms with Crippen molar-refractivity contribution in [2.75, 3.05) is 23.8 Å². The van der Waals surface area contributed by atoms with Gasteiger partial charge in [0.2, 0.25) is 5.91 Å². The van der Waals surface area contributed by atoms with E-state index >= 15 is 0 Å². The van der Waals surface area contributed by atoms with E-state index in [1.807, 2.05) is 45.0 Å². The fourth-order valence-electron chi connectivity index (χ4n) is 3.81. The largest absolute Gasteiger partial charge is 0.484 e. The van der Waals surface area contributed by atoms with E-state index in [2.05, 4.69) is 16.0 Å². The van der Waals surface area contributed by atoms with Crippen LogP contribution in [0.2, 0.25) is 0 Å². The molecule has 0 bridgehead atoms. The zero-order valence-electron chi connectivity index (χ0n) is 21.3. The zero-order chi connectivity index (χ0) is 27.2. The molecule has 1 aliphatic rings. The van der Waals surface area contributed by atoms with Crippen molar-refractivity contribution < 1.29 is 23.9 Å². The third-order valence-electron chi connectivity index (χ3n) is 5.90. The van der Waals surface area contributed by atoms with Gasteiger partial charge in [-0.25, -0.2) is 9.69 Å². The summed E-state index contributed by atoms with van der Waals surface area (Å²) in [5.74, 6) is -1.00. The van der Waals surface area contributed by atoms with Crippen molar-refractivity contribution in [1.82, 2.24) is 10.2 Å². The number of nitrogens with zero attached hydrogens (tertiary/aromatic N) is 1. The summed E-state index contributed by atoms with van der Waals surface area (Å²) in [6.07, 6.45) is 1.49. The summed E-state index contributed by atoms with van der Waals surface area (Å²) < 4.78 is 5.61.